The lowest BCUT2D eigenvalue weighted by molar-refractivity contribution is -0.153. The summed E-state index contributed by atoms with van der Waals surface area (Å²) in [7, 11) is 1.61. The summed E-state index contributed by atoms with van der Waals surface area (Å²) in [5.41, 5.74) is 0.930. The predicted octanol–water partition coefficient (Wildman–Crippen LogP) is 2.94. The number of benzene rings is 1. The van der Waals surface area contributed by atoms with E-state index in [1.807, 2.05) is 36.1 Å². The van der Waals surface area contributed by atoms with Crippen LogP contribution in [0.15, 0.2) is 36.7 Å². The smallest absolute Gasteiger partial charge is 0.308 e. The van der Waals surface area contributed by atoms with Gasteiger partial charge in [-0.15, -0.1) is 0 Å². The number of methoxy groups -OCH3 is 1. The van der Waals surface area contributed by atoms with Crippen LogP contribution < -0.4 is 9.64 Å². The molecule has 0 spiro atoms. The molecule has 0 saturated carbocycles. The van der Waals surface area contributed by atoms with Crippen molar-refractivity contribution >= 4 is 11.7 Å². The normalized spacial score (nSPS) is 18.8. The Morgan fingerprint density at radius 2 is 2.04 bits per heavy atom. The highest BCUT2D eigenvalue weighted by molar-refractivity contribution is 5.71. The molecule has 0 saturated heterocycles. The zero-order valence-corrected chi connectivity index (χ0v) is 13.6. The number of unbranched alkanes of at least 4 members (excludes halogenated alkanes) is 1. The van der Waals surface area contributed by atoms with Crippen molar-refractivity contribution in [2.75, 3.05) is 18.6 Å². The maximum atomic E-state index is 11.6. The Bertz CT molecular complexity index is 544. The number of hydroxylamine groups is 2. The highest BCUT2D eigenvalue weighted by Crippen LogP contribution is 2.26. The van der Waals surface area contributed by atoms with Gasteiger partial charge < -0.3 is 14.7 Å². The maximum Gasteiger partial charge on any atom is 0.308 e. The van der Waals surface area contributed by atoms with Gasteiger partial charge in [-0.2, -0.15) is 0 Å². The zero-order valence-electron chi connectivity index (χ0n) is 13.6. The van der Waals surface area contributed by atoms with Crippen molar-refractivity contribution in [1.82, 2.24) is 5.06 Å². The molecule has 126 valence electrons. The molecule has 1 aromatic rings. The molecule has 6 heteroatoms. The first-order valence-electron chi connectivity index (χ1n) is 7.85. The summed E-state index contributed by atoms with van der Waals surface area (Å²) in [6, 6.07) is 7.06. The van der Waals surface area contributed by atoms with Gasteiger partial charge >= 0.3 is 5.97 Å². The molecule has 1 aliphatic heterocycles. The average Bonchev–Trinajstić information content (AvgIpc) is 2.56. The number of ether oxygens (including phenoxy) is 1. The number of nitrogens with zero attached hydrogens (tertiary/aromatic N) is 2. The fraction of sp³-hybridized carbons (Fsp3) is 0.471. The van der Waals surface area contributed by atoms with E-state index in [2.05, 4.69) is 0 Å². The van der Waals surface area contributed by atoms with Crippen LogP contribution in [-0.2, 0) is 4.79 Å². The summed E-state index contributed by atoms with van der Waals surface area (Å²) in [6.07, 6.45) is 5.57. The Kier molecular flexibility index (Phi) is 5.87. The molecule has 6 nitrogen and oxygen atoms in total. The topological polar surface area (TPSA) is 73.2 Å². The van der Waals surface area contributed by atoms with E-state index in [9.17, 15) is 15.1 Å². The van der Waals surface area contributed by atoms with Gasteiger partial charge in [0.25, 0.3) is 0 Å². The summed E-state index contributed by atoms with van der Waals surface area (Å²) in [5.74, 6) is -0.709. The lowest BCUT2D eigenvalue weighted by Gasteiger charge is -2.38. The van der Waals surface area contributed by atoms with Crippen LogP contribution in [0.25, 0.3) is 0 Å². The summed E-state index contributed by atoms with van der Waals surface area (Å²) in [6.45, 7) is 2.44. The predicted molar refractivity (Wildman–Crippen MR) is 87.5 cm³/mol. The third-order valence-electron chi connectivity index (χ3n) is 4.18. The molecule has 1 heterocycles. The molecule has 0 aromatic heterocycles. The van der Waals surface area contributed by atoms with Crippen LogP contribution in [-0.4, -0.2) is 41.0 Å². The van der Waals surface area contributed by atoms with Gasteiger partial charge in [0.05, 0.1) is 19.1 Å². The third kappa shape index (κ3) is 4.16. The molecule has 0 bridgehead atoms. The highest BCUT2D eigenvalue weighted by atomic mass is 16.5. The van der Waals surface area contributed by atoms with Gasteiger partial charge in [-0.25, -0.2) is 0 Å². The Hall–Kier alpha value is -2.21. The van der Waals surface area contributed by atoms with Crippen LogP contribution in [0.2, 0.25) is 0 Å². The fourth-order valence-corrected chi connectivity index (χ4v) is 2.79. The molecule has 0 aliphatic carbocycles. The number of carbonyl (C=O) groups is 1. The first-order valence-corrected chi connectivity index (χ1v) is 7.85. The number of anilines is 1. The Morgan fingerprint density at radius 1 is 1.35 bits per heavy atom. The second-order valence-corrected chi connectivity index (χ2v) is 5.68. The standard InChI is InChI=1S/C17H24N2O4/c1-3-4-5-15(17(20)21)16-12-18(10-11-19(16)22)13-6-8-14(23-2)9-7-13/h6-11,15-16,22H,3-5,12H2,1-2H3,(H,20,21). The minimum Gasteiger partial charge on any atom is -0.497 e. The zero-order chi connectivity index (χ0) is 16.8. The largest absolute Gasteiger partial charge is 0.497 e. The summed E-state index contributed by atoms with van der Waals surface area (Å²) in [4.78, 5) is 13.5. The molecule has 1 aliphatic rings. The minimum absolute atomic E-state index is 0.417. The quantitative estimate of drug-likeness (QED) is 0.805. The van der Waals surface area contributed by atoms with Gasteiger partial charge in [-0.3, -0.25) is 15.1 Å². The highest BCUT2D eigenvalue weighted by Gasteiger charge is 2.34. The number of hydrogen-bond donors (Lipinski definition) is 2. The van der Waals surface area contributed by atoms with E-state index in [1.54, 1.807) is 13.3 Å². The third-order valence-corrected chi connectivity index (χ3v) is 4.18. The van der Waals surface area contributed by atoms with Crippen molar-refractivity contribution in [3.8, 4) is 5.75 Å². The Labute approximate surface area is 136 Å². The molecule has 2 atom stereocenters. The molecule has 0 fully saturated rings. The SMILES string of the molecule is CCCCC(C(=O)O)C1CN(c2ccc(OC)cc2)C=CN1O. The van der Waals surface area contributed by atoms with Crippen LogP contribution in [0.3, 0.4) is 0 Å². The molecule has 0 radical (unpaired) electrons. The van der Waals surface area contributed by atoms with E-state index in [0.29, 0.717) is 13.0 Å². The monoisotopic (exact) mass is 320 g/mol. The van der Waals surface area contributed by atoms with Crippen LogP contribution in [0, 0.1) is 5.92 Å². The van der Waals surface area contributed by atoms with E-state index in [-0.39, 0.29) is 0 Å². The van der Waals surface area contributed by atoms with Gasteiger partial charge in [-0.1, -0.05) is 19.8 Å². The Morgan fingerprint density at radius 3 is 2.61 bits per heavy atom. The van der Waals surface area contributed by atoms with Crippen molar-refractivity contribution in [3.05, 3.63) is 36.7 Å². The van der Waals surface area contributed by atoms with Crippen molar-refractivity contribution in [2.45, 2.75) is 32.2 Å². The Balaban J connectivity index is 2.15. The number of carboxylic acids is 1. The average molecular weight is 320 g/mol. The van der Waals surface area contributed by atoms with E-state index in [4.69, 9.17) is 4.74 Å². The van der Waals surface area contributed by atoms with E-state index >= 15 is 0 Å². The second kappa shape index (κ2) is 7.87. The fourth-order valence-electron chi connectivity index (χ4n) is 2.79. The lowest BCUT2D eigenvalue weighted by atomic mass is 9.92. The number of carboxylic acid groups (broad SMARTS) is 1. The van der Waals surface area contributed by atoms with Crippen molar-refractivity contribution in [3.63, 3.8) is 0 Å². The van der Waals surface area contributed by atoms with Crippen LogP contribution in [0.5, 0.6) is 5.75 Å². The first-order chi connectivity index (χ1) is 11.1. The molecule has 2 rings (SSSR count). The molecule has 1 aromatic carbocycles. The minimum atomic E-state index is -0.868. The molecule has 2 N–H and O–H groups in total. The second-order valence-electron chi connectivity index (χ2n) is 5.68. The van der Waals surface area contributed by atoms with Crippen molar-refractivity contribution < 1.29 is 19.8 Å². The van der Waals surface area contributed by atoms with Crippen LogP contribution >= 0.6 is 0 Å². The lowest BCUT2D eigenvalue weighted by Crippen LogP contribution is -2.49. The first kappa shape index (κ1) is 17.1. The maximum absolute atomic E-state index is 11.6. The van der Waals surface area contributed by atoms with Gasteiger partial charge in [0.15, 0.2) is 0 Å². The van der Waals surface area contributed by atoms with Crippen molar-refractivity contribution in [1.29, 1.82) is 0 Å². The molecule has 23 heavy (non-hydrogen) atoms. The van der Waals surface area contributed by atoms with Crippen LogP contribution in [0.1, 0.15) is 26.2 Å². The van der Waals surface area contributed by atoms with Gasteiger partial charge in [-0.05, 0) is 30.7 Å². The molecule has 2 unspecified atom stereocenters. The van der Waals surface area contributed by atoms with Crippen molar-refractivity contribution in [2.24, 2.45) is 5.92 Å². The van der Waals surface area contributed by atoms with Gasteiger partial charge in [0, 0.05) is 24.6 Å². The van der Waals surface area contributed by atoms with E-state index < -0.39 is 17.9 Å². The summed E-state index contributed by atoms with van der Waals surface area (Å²) < 4.78 is 5.15. The number of rotatable bonds is 7. The number of aliphatic carboxylic acids is 1. The molecule has 0 amide bonds. The summed E-state index contributed by atoms with van der Waals surface area (Å²) in [5, 5.41) is 20.6. The van der Waals surface area contributed by atoms with E-state index in [1.165, 1.54) is 6.20 Å². The molecular weight excluding hydrogens is 296 g/mol. The van der Waals surface area contributed by atoms with Crippen LogP contribution in [0.4, 0.5) is 5.69 Å². The molecular formula is C17H24N2O4. The van der Waals surface area contributed by atoms with E-state index in [0.717, 1.165) is 29.3 Å². The van der Waals surface area contributed by atoms with Gasteiger partial charge in [0.1, 0.15) is 5.75 Å². The van der Waals surface area contributed by atoms with Gasteiger partial charge in [0.2, 0.25) is 0 Å². The number of hydrogen-bond acceptors (Lipinski definition) is 5. The summed E-state index contributed by atoms with van der Waals surface area (Å²) >= 11 is 0.